The van der Waals surface area contributed by atoms with Crippen LogP contribution < -0.4 is 4.74 Å². The monoisotopic (exact) mass is 276 g/mol. The lowest BCUT2D eigenvalue weighted by Gasteiger charge is -2.13. The molecule has 108 valence electrons. The summed E-state index contributed by atoms with van der Waals surface area (Å²) in [5.74, 6) is 1.80. The van der Waals surface area contributed by atoms with Crippen molar-refractivity contribution in [2.75, 3.05) is 0 Å². The van der Waals surface area contributed by atoms with E-state index in [4.69, 9.17) is 9.26 Å². The van der Waals surface area contributed by atoms with Gasteiger partial charge in [0.25, 0.3) is 0 Å². The van der Waals surface area contributed by atoms with E-state index in [0.717, 1.165) is 24.0 Å². The quantitative estimate of drug-likeness (QED) is 0.878. The molecule has 1 aromatic heterocycles. The normalized spacial score (nSPS) is 12.4. The Morgan fingerprint density at radius 2 is 2.20 bits per heavy atom. The molecule has 0 aliphatic rings. The van der Waals surface area contributed by atoms with E-state index in [9.17, 15) is 5.11 Å². The molecule has 0 bridgehead atoms. The van der Waals surface area contributed by atoms with Crippen LogP contribution in [0.2, 0.25) is 0 Å². The Hall–Kier alpha value is -1.88. The van der Waals surface area contributed by atoms with Gasteiger partial charge in [-0.3, -0.25) is 0 Å². The molecule has 20 heavy (non-hydrogen) atoms. The van der Waals surface area contributed by atoms with Gasteiger partial charge < -0.3 is 14.4 Å². The average molecular weight is 276 g/mol. The third-order valence-electron chi connectivity index (χ3n) is 2.95. The van der Waals surface area contributed by atoms with Crippen molar-refractivity contribution in [3.63, 3.8) is 0 Å². The van der Waals surface area contributed by atoms with Crippen LogP contribution in [0.3, 0.4) is 0 Å². The van der Waals surface area contributed by atoms with Crippen molar-refractivity contribution >= 4 is 0 Å². The predicted octanol–water partition coefficient (Wildman–Crippen LogP) is 2.96. The van der Waals surface area contributed by atoms with E-state index in [-0.39, 0.29) is 6.61 Å². The molecule has 2 rings (SSSR count). The first kappa shape index (κ1) is 14.5. The van der Waals surface area contributed by atoms with Gasteiger partial charge in [-0.25, -0.2) is 0 Å². The van der Waals surface area contributed by atoms with Gasteiger partial charge in [0.15, 0.2) is 6.61 Å². The molecule has 0 aliphatic heterocycles. The van der Waals surface area contributed by atoms with Gasteiger partial charge in [-0.1, -0.05) is 23.7 Å². The van der Waals surface area contributed by atoms with Gasteiger partial charge in [-0.2, -0.15) is 4.98 Å². The minimum Gasteiger partial charge on any atom is -0.485 e. The largest absolute Gasteiger partial charge is 0.485 e. The van der Waals surface area contributed by atoms with Crippen molar-refractivity contribution in [1.29, 1.82) is 0 Å². The molecule has 0 spiro atoms. The first-order valence-corrected chi connectivity index (χ1v) is 6.83. The summed E-state index contributed by atoms with van der Waals surface area (Å²) in [7, 11) is 0. The van der Waals surface area contributed by atoms with Crippen LogP contribution in [-0.4, -0.2) is 15.2 Å². The van der Waals surface area contributed by atoms with E-state index in [1.54, 1.807) is 6.92 Å². The zero-order chi connectivity index (χ0) is 14.5. The van der Waals surface area contributed by atoms with E-state index < -0.39 is 6.10 Å². The number of nitrogens with zero attached hydrogens (tertiary/aromatic N) is 2. The van der Waals surface area contributed by atoms with Crippen LogP contribution in [-0.2, 0) is 13.0 Å². The maximum atomic E-state index is 9.77. The summed E-state index contributed by atoms with van der Waals surface area (Å²) in [5.41, 5.74) is 1.85. The highest BCUT2D eigenvalue weighted by molar-refractivity contribution is 5.38. The van der Waals surface area contributed by atoms with Gasteiger partial charge in [0.1, 0.15) is 5.75 Å². The van der Waals surface area contributed by atoms with Crippen LogP contribution in [0.1, 0.15) is 49.2 Å². The Morgan fingerprint density at radius 3 is 2.90 bits per heavy atom. The van der Waals surface area contributed by atoms with Crippen molar-refractivity contribution in [3.05, 3.63) is 41.0 Å². The molecule has 0 unspecified atom stereocenters. The lowest BCUT2D eigenvalue weighted by molar-refractivity contribution is 0.189. The summed E-state index contributed by atoms with van der Waals surface area (Å²) >= 11 is 0. The lowest BCUT2D eigenvalue weighted by atomic mass is 10.1. The van der Waals surface area contributed by atoms with Crippen molar-refractivity contribution < 1.29 is 14.4 Å². The molecule has 5 heteroatoms. The van der Waals surface area contributed by atoms with E-state index in [0.29, 0.717) is 17.5 Å². The van der Waals surface area contributed by atoms with Gasteiger partial charge in [0.05, 0.1) is 6.10 Å². The van der Waals surface area contributed by atoms with Crippen LogP contribution >= 0.6 is 0 Å². The third kappa shape index (κ3) is 3.57. The Kier molecular flexibility index (Phi) is 4.74. The number of hydrogen-bond acceptors (Lipinski definition) is 5. The zero-order valence-electron chi connectivity index (χ0n) is 12.1. The first-order chi connectivity index (χ1) is 9.60. The van der Waals surface area contributed by atoms with Crippen LogP contribution in [0.4, 0.5) is 0 Å². The van der Waals surface area contributed by atoms with Gasteiger partial charge in [-0.15, -0.1) is 0 Å². The fourth-order valence-corrected chi connectivity index (χ4v) is 1.93. The Balaban J connectivity index is 2.06. The number of aryl methyl sites for hydroxylation is 2. The van der Waals surface area contributed by atoms with E-state index in [1.807, 2.05) is 25.1 Å². The van der Waals surface area contributed by atoms with E-state index >= 15 is 0 Å². The molecular weight excluding hydrogens is 256 g/mol. The molecule has 0 saturated heterocycles. The Bertz CT molecular complexity index is 564. The molecule has 0 radical (unpaired) electrons. The molecule has 1 aromatic carbocycles. The minimum absolute atomic E-state index is 0.232. The second-order valence-corrected chi connectivity index (χ2v) is 4.86. The van der Waals surface area contributed by atoms with Gasteiger partial charge in [-0.05, 0) is 32.4 Å². The van der Waals surface area contributed by atoms with Gasteiger partial charge >= 0.3 is 0 Å². The molecule has 0 aliphatic carbocycles. The van der Waals surface area contributed by atoms with Crippen LogP contribution in [0.25, 0.3) is 0 Å². The number of ether oxygens (including phenoxy) is 1. The SMILES string of the molecule is CCCc1nc(COc2ccc(C)cc2[C@H](C)O)no1. The molecule has 2 aromatic rings. The highest BCUT2D eigenvalue weighted by Gasteiger charge is 2.11. The number of aliphatic hydroxyl groups is 1. The van der Waals surface area contributed by atoms with Crippen LogP contribution in [0, 0.1) is 6.92 Å². The third-order valence-corrected chi connectivity index (χ3v) is 2.95. The molecule has 1 N–H and O–H groups in total. The van der Waals surface area contributed by atoms with Gasteiger partial charge in [0, 0.05) is 12.0 Å². The summed E-state index contributed by atoms with van der Waals surface area (Å²) in [6.45, 7) is 5.98. The Labute approximate surface area is 118 Å². The maximum absolute atomic E-state index is 9.77. The number of hydrogen-bond donors (Lipinski definition) is 1. The fourth-order valence-electron chi connectivity index (χ4n) is 1.93. The summed E-state index contributed by atoms with van der Waals surface area (Å²) < 4.78 is 10.8. The second kappa shape index (κ2) is 6.52. The molecular formula is C15H20N2O3. The first-order valence-electron chi connectivity index (χ1n) is 6.83. The van der Waals surface area contributed by atoms with Crippen molar-refractivity contribution in [2.24, 2.45) is 0 Å². The summed E-state index contributed by atoms with van der Waals surface area (Å²) in [6, 6.07) is 5.71. The molecule has 0 fully saturated rings. The van der Waals surface area contributed by atoms with E-state index in [1.165, 1.54) is 0 Å². The standard InChI is InChI=1S/C15H20N2O3/c1-4-5-15-16-14(17-20-15)9-19-13-7-6-10(2)8-12(13)11(3)18/h6-8,11,18H,4-5,9H2,1-3H3/t11-/m0/s1. The molecule has 0 amide bonds. The van der Waals surface area contributed by atoms with Crippen molar-refractivity contribution in [1.82, 2.24) is 10.1 Å². The summed E-state index contributed by atoms with van der Waals surface area (Å²) in [6.07, 6.45) is 1.16. The molecule has 5 nitrogen and oxygen atoms in total. The number of rotatable bonds is 6. The van der Waals surface area contributed by atoms with Gasteiger partial charge in [0.2, 0.25) is 11.7 Å². The van der Waals surface area contributed by atoms with Crippen molar-refractivity contribution in [3.8, 4) is 5.75 Å². The molecule has 0 saturated carbocycles. The summed E-state index contributed by atoms with van der Waals surface area (Å²) in [5, 5.41) is 13.6. The smallest absolute Gasteiger partial charge is 0.226 e. The van der Waals surface area contributed by atoms with Crippen LogP contribution in [0.15, 0.2) is 22.7 Å². The van der Waals surface area contributed by atoms with E-state index in [2.05, 4.69) is 17.1 Å². The summed E-state index contributed by atoms with van der Waals surface area (Å²) in [4.78, 5) is 4.24. The number of benzene rings is 1. The fraction of sp³-hybridized carbons (Fsp3) is 0.467. The van der Waals surface area contributed by atoms with Crippen molar-refractivity contribution in [2.45, 2.75) is 46.3 Å². The molecule has 1 heterocycles. The second-order valence-electron chi connectivity index (χ2n) is 4.86. The average Bonchev–Trinajstić information content (AvgIpc) is 2.85. The Morgan fingerprint density at radius 1 is 1.40 bits per heavy atom. The zero-order valence-corrected chi connectivity index (χ0v) is 12.1. The van der Waals surface area contributed by atoms with Crippen LogP contribution in [0.5, 0.6) is 5.75 Å². The predicted molar refractivity (Wildman–Crippen MR) is 74.4 cm³/mol. The minimum atomic E-state index is -0.578. The number of aliphatic hydroxyl groups excluding tert-OH is 1. The number of aromatic nitrogens is 2. The molecule has 1 atom stereocenters. The topological polar surface area (TPSA) is 68.4 Å². The highest BCUT2D eigenvalue weighted by Crippen LogP contribution is 2.26. The highest BCUT2D eigenvalue weighted by atomic mass is 16.5. The lowest BCUT2D eigenvalue weighted by Crippen LogP contribution is -2.02. The maximum Gasteiger partial charge on any atom is 0.226 e.